The van der Waals surface area contributed by atoms with E-state index in [0.29, 0.717) is 24.2 Å². The van der Waals surface area contributed by atoms with E-state index in [2.05, 4.69) is 9.80 Å². The topological polar surface area (TPSA) is 60.9 Å². The van der Waals surface area contributed by atoms with Crippen LogP contribution in [0, 0.1) is 0 Å². The van der Waals surface area contributed by atoms with Crippen LogP contribution < -0.4 is 4.90 Å². The van der Waals surface area contributed by atoms with Crippen molar-refractivity contribution in [2.24, 2.45) is 0 Å². The summed E-state index contributed by atoms with van der Waals surface area (Å²) < 4.78 is 0. The fourth-order valence-electron chi connectivity index (χ4n) is 3.82. The number of hydrogen-bond donors (Lipinski definition) is 0. The molecule has 28 heavy (non-hydrogen) atoms. The molecule has 4 rings (SSSR count). The van der Waals surface area contributed by atoms with Gasteiger partial charge in [-0.3, -0.25) is 24.2 Å². The average molecular weight is 377 g/mol. The van der Waals surface area contributed by atoms with Gasteiger partial charge in [0, 0.05) is 50.5 Å². The van der Waals surface area contributed by atoms with Crippen molar-refractivity contribution in [3.05, 3.63) is 65.2 Å². The van der Waals surface area contributed by atoms with Gasteiger partial charge in [-0.05, 0) is 43.3 Å². The van der Waals surface area contributed by atoms with Gasteiger partial charge in [0.1, 0.15) is 0 Å². The summed E-state index contributed by atoms with van der Waals surface area (Å²) in [6.45, 7) is 6.17. The molecule has 6 heteroatoms. The van der Waals surface area contributed by atoms with Crippen molar-refractivity contribution in [3.8, 4) is 0 Å². The maximum atomic E-state index is 12.4. The third-order valence-corrected chi connectivity index (χ3v) is 5.53. The van der Waals surface area contributed by atoms with E-state index >= 15 is 0 Å². The smallest absolute Gasteiger partial charge is 0.261 e. The number of ketones is 1. The van der Waals surface area contributed by atoms with Crippen LogP contribution in [0.4, 0.5) is 5.69 Å². The second-order valence-electron chi connectivity index (χ2n) is 7.24. The van der Waals surface area contributed by atoms with Crippen LogP contribution in [0.25, 0.3) is 0 Å². The monoisotopic (exact) mass is 377 g/mol. The highest BCUT2D eigenvalue weighted by Crippen LogP contribution is 2.22. The van der Waals surface area contributed by atoms with E-state index < -0.39 is 0 Å². The molecule has 2 aromatic carbocycles. The number of fused-ring (bicyclic) bond motifs is 1. The number of Topliss-reactive ketones (excluding diaryl/α,β-unsaturated/α-hetero) is 1. The highest BCUT2D eigenvalue weighted by molar-refractivity contribution is 6.21. The number of carbonyl (C=O) groups is 3. The summed E-state index contributed by atoms with van der Waals surface area (Å²) >= 11 is 0. The number of nitrogens with zero attached hydrogens (tertiary/aromatic N) is 3. The number of rotatable bonds is 5. The molecule has 2 aromatic rings. The first-order valence-corrected chi connectivity index (χ1v) is 9.58. The third kappa shape index (κ3) is 3.43. The molecule has 0 unspecified atom stereocenters. The standard InChI is InChI=1S/C22H23N3O3/c1-16(26)17-6-8-18(9-7-17)24-13-10-23(11-14-24)12-15-25-21(27)19-4-2-3-5-20(19)22(25)28/h2-9H,10-15H2,1H3. The lowest BCUT2D eigenvalue weighted by molar-refractivity contribution is 0.0634. The van der Waals surface area contributed by atoms with Crippen LogP contribution in [0.1, 0.15) is 38.0 Å². The van der Waals surface area contributed by atoms with E-state index in [1.165, 1.54) is 4.90 Å². The number of amides is 2. The first-order chi connectivity index (χ1) is 13.5. The molecule has 0 atom stereocenters. The van der Waals surface area contributed by atoms with Crippen LogP contribution in [-0.4, -0.2) is 66.7 Å². The van der Waals surface area contributed by atoms with Gasteiger partial charge in [-0.1, -0.05) is 12.1 Å². The average Bonchev–Trinajstić information content (AvgIpc) is 2.97. The van der Waals surface area contributed by atoms with Crippen molar-refractivity contribution in [2.45, 2.75) is 6.92 Å². The van der Waals surface area contributed by atoms with Gasteiger partial charge in [0.25, 0.3) is 11.8 Å². The maximum absolute atomic E-state index is 12.4. The summed E-state index contributed by atoms with van der Waals surface area (Å²) in [5.74, 6) is -0.306. The fourth-order valence-corrected chi connectivity index (χ4v) is 3.82. The molecule has 0 aromatic heterocycles. The van der Waals surface area contributed by atoms with Gasteiger partial charge in [-0.15, -0.1) is 0 Å². The number of carbonyl (C=O) groups excluding carboxylic acids is 3. The van der Waals surface area contributed by atoms with Crippen molar-refractivity contribution < 1.29 is 14.4 Å². The van der Waals surface area contributed by atoms with Crippen LogP contribution in [-0.2, 0) is 0 Å². The Kier molecular flexibility index (Phi) is 4.96. The minimum absolute atomic E-state index is 0.0736. The van der Waals surface area contributed by atoms with Crippen LogP contribution in [0.3, 0.4) is 0 Å². The number of imide groups is 1. The molecule has 1 saturated heterocycles. The van der Waals surface area contributed by atoms with Crippen molar-refractivity contribution in [1.29, 1.82) is 0 Å². The van der Waals surface area contributed by atoms with E-state index in [9.17, 15) is 14.4 Å². The van der Waals surface area contributed by atoms with E-state index in [4.69, 9.17) is 0 Å². The van der Waals surface area contributed by atoms with E-state index in [0.717, 1.165) is 37.4 Å². The summed E-state index contributed by atoms with van der Waals surface area (Å²) in [4.78, 5) is 42.2. The number of benzene rings is 2. The Labute approximate surface area is 164 Å². The van der Waals surface area contributed by atoms with Gasteiger partial charge < -0.3 is 4.90 Å². The van der Waals surface area contributed by atoms with Crippen LogP contribution >= 0.6 is 0 Å². The molecule has 144 valence electrons. The molecule has 0 aliphatic carbocycles. The van der Waals surface area contributed by atoms with Crippen LogP contribution in [0.5, 0.6) is 0 Å². The van der Waals surface area contributed by atoms with Gasteiger partial charge in [0.2, 0.25) is 0 Å². The maximum Gasteiger partial charge on any atom is 0.261 e. The molecule has 2 heterocycles. The summed E-state index contributed by atoms with van der Waals surface area (Å²) in [7, 11) is 0. The van der Waals surface area contributed by atoms with Crippen molar-refractivity contribution in [1.82, 2.24) is 9.80 Å². The Hall–Kier alpha value is -2.99. The predicted octanol–water partition coefficient (Wildman–Crippen LogP) is 2.31. The zero-order valence-electron chi connectivity index (χ0n) is 15.9. The molecule has 0 saturated carbocycles. The lowest BCUT2D eigenvalue weighted by Gasteiger charge is -2.36. The molecule has 2 aliphatic heterocycles. The van der Waals surface area contributed by atoms with Crippen LogP contribution in [0.15, 0.2) is 48.5 Å². The first-order valence-electron chi connectivity index (χ1n) is 9.58. The SMILES string of the molecule is CC(=O)c1ccc(N2CCN(CCN3C(=O)c4ccccc4C3=O)CC2)cc1. The molecule has 0 radical (unpaired) electrons. The van der Waals surface area contributed by atoms with Gasteiger partial charge in [-0.25, -0.2) is 0 Å². The van der Waals surface area contributed by atoms with E-state index in [1.54, 1.807) is 31.2 Å². The minimum Gasteiger partial charge on any atom is -0.369 e. The summed E-state index contributed by atoms with van der Waals surface area (Å²) in [5.41, 5.74) is 2.85. The molecule has 0 N–H and O–H groups in total. The van der Waals surface area contributed by atoms with Crippen molar-refractivity contribution in [2.75, 3.05) is 44.2 Å². The molecule has 6 nitrogen and oxygen atoms in total. The predicted molar refractivity (Wildman–Crippen MR) is 107 cm³/mol. The molecular formula is C22H23N3O3. The lowest BCUT2D eigenvalue weighted by atomic mass is 10.1. The number of anilines is 1. The Morgan fingerprint density at radius 1 is 0.821 bits per heavy atom. The van der Waals surface area contributed by atoms with Crippen molar-refractivity contribution >= 4 is 23.3 Å². The van der Waals surface area contributed by atoms with Gasteiger partial charge in [0.05, 0.1) is 11.1 Å². The molecule has 0 bridgehead atoms. The number of hydrogen-bond acceptors (Lipinski definition) is 5. The molecule has 2 aliphatic rings. The van der Waals surface area contributed by atoms with Crippen molar-refractivity contribution in [3.63, 3.8) is 0 Å². The van der Waals surface area contributed by atoms with Gasteiger partial charge in [-0.2, -0.15) is 0 Å². The Morgan fingerprint density at radius 2 is 1.39 bits per heavy atom. The second kappa shape index (κ2) is 7.56. The van der Waals surface area contributed by atoms with Crippen LogP contribution in [0.2, 0.25) is 0 Å². The highest BCUT2D eigenvalue weighted by atomic mass is 16.2. The Bertz CT molecular complexity index is 880. The quantitative estimate of drug-likeness (QED) is 0.591. The first kappa shape index (κ1) is 18.4. The summed E-state index contributed by atoms with van der Waals surface area (Å²) in [6, 6.07) is 14.7. The second-order valence-corrected chi connectivity index (χ2v) is 7.24. The molecule has 2 amide bonds. The van der Waals surface area contributed by atoms with Gasteiger partial charge in [0.15, 0.2) is 5.78 Å². The van der Waals surface area contributed by atoms with E-state index in [-0.39, 0.29) is 17.6 Å². The minimum atomic E-state index is -0.190. The number of piperazine rings is 1. The lowest BCUT2D eigenvalue weighted by Crippen LogP contribution is -2.49. The molecule has 1 fully saturated rings. The van der Waals surface area contributed by atoms with Gasteiger partial charge >= 0.3 is 0 Å². The third-order valence-electron chi connectivity index (χ3n) is 5.53. The summed E-state index contributed by atoms with van der Waals surface area (Å²) in [5, 5.41) is 0. The summed E-state index contributed by atoms with van der Waals surface area (Å²) in [6.07, 6.45) is 0. The zero-order valence-corrected chi connectivity index (χ0v) is 15.9. The van der Waals surface area contributed by atoms with E-state index in [1.807, 2.05) is 24.3 Å². The zero-order chi connectivity index (χ0) is 19.7. The molecule has 0 spiro atoms. The fraction of sp³-hybridized carbons (Fsp3) is 0.318. The Balaban J connectivity index is 1.30. The molecular weight excluding hydrogens is 354 g/mol. The Morgan fingerprint density at radius 3 is 1.93 bits per heavy atom. The largest absolute Gasteiger partial charge is 0.369 e. The highest BCUT2D eigenvalue weighted by Gasteiger charge is 2.35. The normalized spacial score (nSPS) is 17.2.